The first-order valence-corrected chi connectivity index (χ1v) is 7.50. The van der Waals surface area contributed by atoms with E-state index < -0.39 is 11.7 Å². The molecule has 0 unspecified atom stereocenters. The molecule has 1 aliphatic rings. The van der Waals surface area contributed by atoms with Crippen LogP contribution in [0.25, 0.3) is 0 Å². The minimum absolute atomic E-state index is 0. The van der Waals surface area contributed by atoms with Gasteiger partial charge in [0.2, 0.25) is 0 Å². The molecule has 132 valence electrons. The summed E-state index contributed by atoms with van der Waals surface area (Å²) in [7, 11) is 0. The lowest BCUT2D eigenvalue weighted by Crippen LogP contribution is -3.00. The van der Waals surface area contributed by atoms with Crippen LogP contribution in [-0.4, -0.2) is 17.7 Å². The Hall–Kier alpha value is -1.54. The first kappa shape index (κ1) is 18.8. The smallest absolute Gasteiger partial charge is 1.00 e. The second kappa shape index (κ2) is 7.57. The van der Waals surface area contributed by atoms with Crippen LogP contribution >= 0.6 is 0 Å². The average molecular weight is 407 g/mol. The van der Waals surface area contributed by atoms with Crippen LogP contribution in [0.15, 0.2) is 39.6 Å². The van der Waals surface area contributed by atoms with Crippen molar-refractivity contribution in [3.63, 3.8) is 0 Å². The van der Waals surface area contributed by atoms with Gasteiger partial charge in [0.1, 0.15) is 5.76 Å². The molecular formula is C16H18BrF3N2O2. The highest BCUT2D eigenvalue weighted by Gasteiger charge is 2.31. The van der Waals surface area contributed by atoms with E-state index in [1.165, 1.54) is 18.2 Å². The molecule has 0 bridgehead atoms. The third-order valence-corrected chi connectivity index (χ3v) is 4.18. The number of alkyl halides is 3. The van der Waals surface area contributed by atoms with Gasteiger partial charge in [-0.3, -0.25) is 4.79 Å². The normalized spacial score (nSPS) is 21.3. The Morgan fingerprint density at radius 2 is 2.08 bits per heavy atom. The van der Waals surface area contributed by atoms with Crippen LogP contribution in [0.4, 0.5) is 13.2 Å². The molecule has 1 fully saturated rings. The predicted molar refractivity (Wildman–Crippen MR) is 79.4 cm³/mol. The summed E-state index contributed by atoms with van der Waals surface area (Å²) in [5.74, 6) is 0.719. The number of aromatic nitrogens is 1. The summed E-state index contributed by atoms with van der Waals surface area (Å²) in [5.41, 5.74) is -0.250. The van der Waals surface area contributed by atoms with E-state index in [1.54, 1.807) is 6.07 Å². The van der Waals surface area contributed by atoms with Crippen LogP contribution in [0.1, 0.15) is 37.1 Å². The highest BCUT2D eigenvalue weighted by Crippen LogP contribution is 2.31. The predicted octanol–water partition coefficient (Wildman–Crippen LogP) is 0.182. The molecule has 4 nitrogen and oxygen atoms in total. The Balaban J connectivity index is 0.00000156. The van der Waals surface area contributed by atoms with E-state index in [4.69, 9.17) is 4.52 Å². The molecule has 1 aliphatic heterocycles. The fraction of sp³-hybridized carbons (Fsp3) is 0.438. The highest BCUT2D eigenvalue weighted by molar-refractivity contribution is 5.26. The number of hydrogen-bond donors (Lipinski definition) is 2. The Kier molecular flexibility index (Phi) is 5.92. The van der Waals surface area contributed by atoms with Gasteiger partial charge in [0.05, 0.1) is 5.56 Å². The Morgan fingerprint density at radius 3 is 2.75 bits per heavy atom. The summed E-state index contributed by atoms with van der Waals surface area (Å²) in [4.78, 5) is 11.2. The van der Waals surface area contributed by atoms with Crippen molar-refractivity contribution in [3.05, 3.63) is 57.6 Å². The zero-order valence-corrected chi connectivity index (χ0v) is 14.3. The highest BCUT2D eigenvalue weighted by atomic mass is 79.9. The lowest BCUT2D eigenvalue weighted by Gasteiger charge is -2.29. The van der Waals surface area contributed by atoms with Gasteiger partial charge in [-0.15, -0.1) is 0 Å². The van der Waals surface area contributed by atoms with Gasteiger partial charge in [0.25, 0.3) is 5.56 Å². The van der Waals surface area contributed by atoms with E-state index in [0.29, 0.717) is 17.7 Å². The van der Waals surface area contributed by atoms with E-state index in [-0.39, 0.29) is 35.9 Å². The monoisotopic (exact) mass is 406 g/mol. The number of piperidine rings is 1. The van der Waals surface area contributed by atoms with Gasteiger partial charge in [-0.1, -0.05) is 18.2 Å². The molecule has 1 aromatic carbocycles. The number of rotatable bonds is 3. The minimum Gasteiger partial charge on any atom is -1.00 e. The molecule has 0 spiro atoms. The first-order chi connectivity index (χ1) is 10.9. The van der Waals surface area contributed by atoms with Gasteiger partial charge in [-0.05, 0) is 37.4 Å². The zero-order valence-electron chi connectivity index (χ0n) is 13.7. The molecule has 2 heterocycles. The molecule has 0 aliphatic carbocycles. The van der Waals surface area contributed by atoms with E-state index in [9.17, 15) is 18.0 Å². The summed E-state index contributed by atoms with van der Waals surface area (Å²) in [6.07, 6.45) is -2.26. The maximum Gasteiger partial charge on any atom is 1.00 e. The second-order valence-electron chi connectivity index (χ2n) is 5.89. The fourth-order valence-corrected chi connectivity index (χ4v) is 3.08. The van der Waals surface area contributed by atoms with Gasteiger partial charge >= 0.3 is 7.60 Å². The van der Waals surface area contributed by atoms with Gasteiger partial charge in [0, 0.05) is 18.0 Å². The molecule has 0 radical (unpaired) electrons. The lowest BCUT2D eigenvalue weighted by atomic mass is 9.87. The molecule has 8 heteroatoms. The molecule has 1 saturated heterocycles. The number of nitrogens with one attached hydrogen (secondary N) is 2. The maximum absolute atomic E-state index is 12.8. The van der Waals surface area contributed by atoms with Crippen molar-refractivity contribution in [3.8, 4) is 0 Å². The second-order valence-corrected chi connectivity index (χ2v) is 5.89. The van der Waals surface area contributed by atoms with E-state index >= 15 is 0 Å². The molecule has 0 saturated carbocycles. The largest absolute Gasteiger partial charge is 1.00 e. The summed E-state index contributed by atoms with van der Waals surface area (Å²) < 4.78 is 43.5. The average Bonchev–Trinajstić information content (AvgIpc) is 2.94. The summed E-state index contributed by atoms with van der Waals surface area (Å²) in [5, 5.41) is 5.60. The molecule has 2 atom stereocenters. The van der Waals surface area contributed by atoms with Crippen molar-refractivity contribution in [2.24, 2.45) is 0 Å². The SMILES string of the molecule is O=c1cc([C@H]2CCN[C@H](Cc3cccc(C(F)(F)F)c3)C2)o[nH]1.[Br-].[H+]. The van der Waals surface area contributed by atoms with Crippen molar-refractivity contribution >= 4 is 0 Å². The minimum atomic E-state index is -4.33. The first-order valence-electron chi connectivity index (χ1n) is 7.50. The number of halogens is 4. The Labute approximate surface area is 148 Å². The van der Waals surface area contributed by atoms with Crippen molar-refractivity contribution in [2.45, 2.75) is 37.4 Å². The van der Waals surface area contributed by atoms with Crippen LogP contribution in [0.5, 0.6) is 0 Å². The lowest BCUT2D eigenvalue weighted by molar-refractivity contribution is -0.137. The molecule has 0 amide bonds. The van der Waals surface area contributed by atoms with Gasteiger partial charge in [0.15, 0.2) is 0 Å². The Bertz CT molecular complexity index is 732. The molecule has 2 aromatic rings. The van der Waals surface area contributed by atoms with E-state index in [2.05, 4.69) is 10.5 Å². The third-order valence-electron chi connectivity index (χ3n) is 4.18. The van der Waals surface area contributed by atoms with Crippen LogP contribution in [0.2, 0.25) is 0 Å². The standard InChI is InChI=1S/C16H17F3N2O2.BrH/c17-16(18,19)12-3-1-2-10(6-12)7-13-8-11(4-5-20-13)14-9-15(22)21-23-14;/h1-3,6,9,11,13,20H,4-5,7-8H2,(H,21,22);1H/t11-,13+;/m0./s1. The van der Waals surface area contributed by atoms with E-state index in [0.717, 1.165) is 25.5 Å². The van der Waals surface area contributed by atoms with Crippen molar-refractivity contribution in [1.29, 1.82) is 0 Å². The van der Waals surface area contributed by atoms with Crippen LogP contribution in [0, 0.1) is 0 Å². The number of aromatic amines is 1. The summed E-state index contributed by atoms with van der Waals surface area (Å²) >= 11 is 0. The molecule has 3 rings (SSSR count). The maximum atomic E-state index is 12.8. The molecule has 2 N–H and O–H groups in total. The number of benzene rings is 1. The zero-order chi connectivity index (χ0) is 16.4. The van der Waals surface area contributed by atoms with Crippen LogP contribution in [-0.2, 0) is 12.6 Å². The Morgan fingerprint density at radius 1 is 1.29 bits per heavy atom. The quantitative estimate of drug-likeness (QED) is 0.764. The number of H-pyrrole nitrogens is 1. The van der Waals surface area contributed by atoms with Gasteiger partial charge < -0.3 is 26.8 Å². The van der Waals surface area contributed by atoms with Crippen LogP contribution in [0.3, 0.4) is 0 Å². The summed E-state index contributed by atoms with van der Waals surface area (Å²) in [6.45, 7) is 0.739. The van der Waals surface area contributed by atoms with Gasteiger partial charge in [-0.25, -0.2) is 0 Å². The molecule has 24 heavy (non-hydrogen) atoms. The fourth-order valence-electron chi connectivity index (χ4n) is 3.08. The summed E-state index contributed by atoms with van der Waals surface area (Å²) in [6, 6.07) is 6.91. The third kappa shape index (κ3) is 4.51. The van der Waals surface area contributed by atoms with Crippen molar-refractivity contribution < 1.29 is 36.1 Å². The molecule has 1 aromatic heterocycles. The molecular weight excluding hydrogens is 389 g/mol. The van der Waals surface area contributed by atoms with Crippen molar-refractivity contribution in [1.82, 2.24) is 10.5 Å². The van der Waals surface area contributed by atoms with Crippen molar-refractivity contribution in [2.75, 3.05) is 6.54 Å². The van der Waals surface area contributed by atoms with Gasteiger partial charge in [-0.2, -0.15) is 18.3 Å². The topological polar surface area (TPSA) is 58.0 Å². The number of hydrogen-bond acceptors (Lipinski definition) is 3. The van der Waals surface area contributed by atoms with E-state index in [1.807, 2.05) is 0 Å². The van der Waals surface area contributed by atoms with Crippen LogP contribution < -0.4 is 27.9 Å².